The van der Waals surface area contributed by atoms with E-state index in [2.05, 4.69) is 53.4 Å². The van der Waals surface area contributed by atoms with E-state index in [9.17, 15) is 5.26 Å². The molecule has 0 N–H and O–H groups in total. The van der Waals surface area contributed by atoms with Crippen LogP contribution in [0.2, 0.25) is 0 Å². The topological polar surface area (TPSA) is 74.9 Å². The lowest BCUT2D eigenvalue weighted by molar-refractivity contribution is 0.223. The van der Waals surface area contributed by atoms with Gasteiger partial charge in [-0.25, -0.2) is 15.0 Å². The first-order chi connectivity index (χ1) is 23.7. The van der Waals surface area contributed by atoms with Gasteiger partial charge in [-0.2, -0.15) is 5.26 Å². The molecular weight excluding hydrogens is 590 g/mol. The highest BCUT2D eigenvalue weighted by Gasteiger charge is 2.47. The Hall–Kier alpha value is -6.58. The molecule has 0 spiro atoms. The Morgan fingerprint density at radius 2 is 1.02 bits per heavy atom. The minimum atomic E-state index is -0.155. The lowest BCUT2D eigenvalue weighted by Crippen LogP contribution is -2.21. The van der Waals surface area contributed by atoms with E-state index in [-0.39, 0.29) is 12.1 Å². The van der Waals surface area contributed by atoms with Crippen LogP contribution in [0.1, 0.15) is 28.8 Å². The first-order valence-corrected chi connectivity index (χ1v) is 15.9. The monoisotopic (exact) mass is 617 g/mol. The van der Waals surface area contributed by atoms with E-state index >= 15 is 0 Å². The summed E-state index contributed by atoms with van der Waals surface area (Å²) < 4.78 is 6.47. The average molecular weight is 618 g/mol. The maximum absolute atomic E-state index is 10.6. The summed E-state index contributed by atoms with van der Waals surface area (Å²) in [6, 6.07) is 53.2. The summed E-state index contributed by atoms with van der Waals surface area (Å²) in [7, 11) is 0. The standard InChI is InChI=1S/C42H27N5O/c43-26-32-25-31(23-24-35(32)47-36-17-9-7-15-33(36)39-38(47)34-16-8-10-18-37(34)48-39)42-45-40(29-13-5-2-6-14-29)44-41(46-42)30-21-19-28(20-22-30)27-11-3-1-4-12-27/h1-25,38-39H. The van der Waals surface area contributed by atoms with Crippen LogP contribution in [0.4, 0.5) is 11.4 Å². The number of hydrogen-bond donors (Lipinski definition) is 0. The Kier molecular flexibility index (Phi) is 6.55. The van der Waals surface area contributed by atoms with Gasteiger partial charge in [-0.05, 0) is 41.5 Å². The van der Waals surface area contributed by atoms with Crippen LogP contribution in [0.3, 0.4) is 0 Å². The third kappa shape index (κ3) is 4.60. The number of fused-ring (bicyclic) bond motifs is 5. The van der Waals surface area contributed by atoms with Crippen molar-refractivity contribution in [2.75, 3.05) is 4.90 Å². The van der Waals surface area contributed by atoms with Crippen molar-refractivity contribution in [1.82, 2.24) is 15.0 Å². The molecule has 0 aliphatic carbocycles. The molecule has 0 fully saturated rings. The number of aromatic nitrogens is 3. The number of nitriles is 1. The molecule has 0 saturated heterocycles. The molecule has 0 saturated carbocycles. The van der Waals surface area contributed by atoms with E-state index < -0.39 is 0 Å². The van der Waals surface area contributed by atoms with Gasteiger partial charge in [-0.1, -0.05) is 121 Å². The van der Waals surface area contributed by atoms with Crippen LogP contribution in [-0.2, 0) is 0 Å². The van der Waals surface area contributed by atoms with Crippen LogP contribution >= 0.6 is 0 Å². The summed E-state index contributed by atoms with van der Waals surface area (Å²) in [5.74, 6) is 2.52. The molecule has 7 aromatic rings. The maximum Gasteiger partial charge on any atom is 0.164 e. The molecule has 226 valence electrons. The highest BCUT2D eigenvalue weighted by Crippen LogP contribution is 2.58. The van der Waals surface area contributed by atoms with E-state index in [1.165, 1.54) is 0 Å². The molecule has 0 amide bonds. The SMILES string of the molecule is N#Cc1cc(-c2nc(-c3ccccc3)nc(-c3ccc(-c4ccccc4)cc3)n2)ccc1N1c2ccccc2C2Oc3ccccc3C21. The van der Waals surface area contributed by atoms with Crippen molar-refractivity contribution in [1.29, 1.82) is 5.26 Å². The second-order valence-corrected chi connectivity index (χ2v) is 11.9. The molecule has 2 aliphatic heterocycles. The fraction of sp³-hybridized carbons (Fsp3) is 0.0476. The van der Waals surface area contributed by atoms with Gasteiger partial charge in [0.1, 0.15) is 17.9 Å². The van der Waals surface area contributed by atoms with Crippen LogP contribution in [-0.4, -0.2) is 15.0 Å². The number of benzene rings is 6. The van der Waals surface area contributed by atoms with Gasteiger partial charge < -0.3 is 9.64 Å². The fourth-order valence-electron chi connectivity index (χ4n) is 6.85. The normalized spacial score (nSPS) is 15.6. The summed E-state index contributed by atoms with van der Waals surface area (Å²) in [6.45, 7) is 0. The Morgan fingerprint density at radius 3 is 1.73 bits per heavy atom. The zero-order chi connectivity index (χ0) is 32.0. The molecule has 9 rings (SSSR count). The second-order valence-electron chi connectivity index (χ2n) is 11.9. The molecule has 6 aromatic carbocycles. The number of nitrogens with zero attached hydrogens (tertiary/aromatic N) is 5. The van der Waals surface area contributed by atoms with E-state index in [0.29, 0.717) is 23.0 Å². The van der Waals surface area contributed by atoms with Crippen LogP contribution in [0.5, 0.6) is 5.75 Å². The van der Waals surface area contributed by atoms with Crippen molar-refractivity contribution in [3.8, 4) is 57.1 Å². The maximum atomic E-state index is 10.6. The Labute approximate surface area is 278 Å². The molecular formula is C42H27N5O. The third-order valence-electron chi connectivity index (χ3n) is 9.11. The number of anilines is 2. The highest BCUT2D eigenvalue weighted by atomic mass is 16.5. The summed E-state index contributed by atoms with van der Waals surface area (Å²) in [5, 5.41) is 10.6. The summed E-state index contributed by atoms with van der Waals surface area (Å²) >= 11 is 0. The van der Waals surface area contributed by atoms with E-state index in [1.54, 1.807) is 0 Å². The summed E-state index contributed by atoms with van der Waals surface area (Å²) in [5.41, 5.74) is 9.38. The van der Waals surface area contributed by atoms with Crippen molar-refractivity contribution >= 4 is 11.4 Å². The van der Waals surface area contributed by atoms with Gasteiger partial charge in [0.15, 0.2) is 23.6 Å². The van der Waals surface area contributed by atoms with Crippen LogP contribution < -0.4 is 9.64 Å². The van der Waals surface area contributed by atoms with Crippen molar-refractivity contribution in [3.63, 3.8) is 0 Å². The van der Waals surface area contributed by atoms with Crippen LogP contribution in [0.15, 0.2) is 152 Å². The van der Waals surface area contributed by atoms with Crippen molar-refractivity contribution in [3.05, 3.63) is 168 Å². The molecule has 6 heteroatoms. The predicted octanol–water partition coefficient (Wildman–Crippen LogP) is 9.74. The fourth-order valence-corrected chi connectivity index (χ4v) is 6.85. The molecule has 6 nitrogen and oxygen atoms in total. The smallest absolute Gasteiger partial charge is 0.164 e. The summed E-state index contributed by atoms with van der Waals surface area (Å²) in [6.07, 6.45) is -0.155. The van der Waals surface area contributed by atoms with Crippen molar-refractivity contribution in [2.24, 2.45) is 0 Å². The largest absolute Gasteiger partial charge is 0.483 e. The molecule has 2 aliphatic rings. The molecule has 48 heavy (non-hydrogen) atoms. The van der Waals surface area contributed by atoms with Crippen LogP contribution in [0.25, 0.3) is 45.3 Å². The molecule has 3 heterocycles. The van der Waals surface area contributed by atoms with Gasteiger partial charge in [0.2, 0.25) is 0 Å². The van der Waals surface area contributed by atoms with Crippen molar-refractivity contribution < 1.29 is 4.74 Å². The number of para-hydroxylation sites is 2. The lowest BCUT2D eigenvalue weighted by atomic mass is 10.0. The molecule has 0 bridgehead atoms. The lowest BCUT2D eigenvalue weighted by Gasteiger charge is -2.27. The van der Waals surface area contributed by atoms with Gasteiger partial charge >= 0.3 is 0 Å². The Bertz CT molecular complexity index is 2350. The molecule has 0 radical (unpaired) electrons. The third-order valence-corrected chi connectivity index (χ3v) is 9.11. The minimum Gasteiger partial charge on any atom is -0.483 e. The van der Waals surface area contributed by atoms with Gasteiger partial charge in [0.05, 0.1) is 11.3 Å². The first kappa shape index (κ1) is 27.7. The zero-order valence-electron chi connectivity index (χ0n) is 25.7. The second kappa shape index (κ2) is 11.3. The predicted molar refractivity (Wildman–Crippen MR) is 187 cm³/mol. The zero-order valence-corrected chi connectivity index (χ0v) is 25.7. The number of rotatable bonds is 5. The first-order valence-electron chi connectivity index (χ1n) is 15.9. The number of ether oxygens (including phenoxy) is 1. The van der Waals surface area contributed by atoms with Crippen LogP contribution in [0, 0.1) is 11.3 Å². The quantitative estimate of drug-likeness (QED) is 0.191. The number of hydrogen-bond acceptors (Lipinski definition) is 6. The molecule has 2 unspecified atom stereocenters. The Morgan fingerprint density at radius 1 is 0.500 bits per heavy atom. The van der Waals surface area contributed by atoms with Gasteiger partial charge in [-0.15, -0.1) is 0 Å². The van der Waals surface area contributed by atoms with E-state index in [1.807, 2.05) is 109 Å². The highest BCUT2D eigenvalue weighted by molar-refractivity contribution is 5.80. The van der Waals surface area contributed by atoms with Gasteiger partial charge in [0, 0.05) is 33.5 Å². The molecule has 2 atom stereocenters. The Balaban J connectivity index is 1.15. The molecule has 1 aromatic heterocycles. The minimum absolute atomic E-state index is 0.0798. The van der Waals surface area contributed by atoms with E-state index in [0.717, 1.165) is 56.1 Å². The van der Waals surface area contributed by atoms with Gasteiger partial charge in [0.25, 0.3) is 0 Å². The van der Waals surface area contributed by atoms with Gasteiger partial charge in [-0.3, -0.25) is 0 Å². The van der Waals surface area contributed by atoms with E-state index in [4.69, 9.17) is 19.7 Å². The summed E-state index contributed by atoms with van der Waals surface area (Å²) in [4.78, 5) is 17.0. The average Bonchev–Trinajstić information content (AvgIpc) is 3.70. The van der Waals surface area contributed by atoms with Crippen molar-refractivity contribution in [2.45, 2.75) is 12.1 Å².